The second kappa shape index (κ2) is 5.59. The third-order valence-corrected chi connectivity index (χ3v) is 6.10. The molecule has 0 radical (unpaired) electrons. The summed E-state index contributed by atoms with van der Waals surface area (Å²) >= 11 is 5.55. The SMILES string of the molecule is CN(C)Cc1cc(-c2cccs2)sc1-c1cccs1. The minimum Gasteiger partial charge on any atom is -0.305 e. The molecule has 0 atom stereocenters. The average molecular weight is 305 g/mol. The molecule has 0 saturated heterocycles. The minimum atomic E-state index is 0.995. The van der Waals surface area contributed by atoms with Gasteiger partial charge in [0.2, 0.25) is 0 Å². The van der Waals surface area contributed by atoms with E-state index in [4.69, 9.17) is 0 Å². The van der Waals surface area contributed by atoms with E-state index in [2.05, 4.69) is 60.1 Å². The zero-order valence-electron chi connectivity index (χ0n) is 10.9. The highest BCUT2D eigenvalue weighted by Gasteiger charge is 2.14. The van der Waals surface area contributed by atoms with Crippen molar-refractivity contribution in [2.45, 2.75) is 6.54 Å². The summed E-state index contributed by atoms with van der Waals surface area (Å²) in [5.74, 6) is 0. The monoisotopic (exact) mass is 305 g/mol. The fourth-order valence-electron chi connectivity index (χ4n) is 2.04. The highest BCUT2D eigenvalue weighted by Crippen LogP contribution is 2.41. The molecule has 3 heterocycles. The summed E-state index contributed by atoms with van der Waals surface area (Å²) in [7, 11) is 4.25. The van der Waals surface area contributed by atoms with E-state index in [1.54, 1.807) is 0 Å². The second-order valence-electron chi connectivity index (χ2n) is 4.66. The van der Waals surface area contributed by atoms with E-state index in [-0.39, 0.29) is 0 Å². The number of hydrogen-bond acceptors (Lipinski definition) is 4. The lowest BCUT2D eigenvalue weighted by Crippen LogP contribution is -2.10. The summed E-state index contributed by atoms with van der Waals surface area (Å²) in [6.07, 6.45) is 0. The van der Waals surface area contributed by atoms with Crippen molar-refractivity contribution in [2.75, 3.05) is 14.1 Å². The van der Waals surface area contributed by atoms with Crippen molar-refractivity contribution < 1.29 is 0 Å². The van der Waals surface area contributed by atoms with Crippen molar-refractivity contribution in [2.24, 2.45) is 0 Å². The molecular weight excluding hydrogens is 290 g/mol. The molecule has 0 fully saturated rings. The quantitative estimate of drug-likeness (QED) is 0.635. The van der Waals surface area contributed by atoms with Gasteiger partial charge in [-0.05, 0) is 48.6 Å². The van der Waals surface area contributed by atoms with Gasteiger partial charge in [0.1, 0.15) is 0 Å². The lowest BCUT2D eigenvalue weighted by Gasteiger charge is -2.09. The van der Waals surface area contributed by atoms with E-state index in [0.717, 1.165) is 6.54 Å². The van der Waals surface area contributed by atoms with Gasteiger partial charge < -0.3 is 4.90 Å². The van der Waals surface area contributed by atoms with Gasteiger partial charge in [0.15, 0.2) is 0 Å². The molecule has 0 aliphatic rings. The Balaban J connectivity index is 2.06. The summed E-state index contributed by atoms with van der Waals surface area (Å²) in [5, 5.41) is 4.30. The van der Waals surface area contributed by atoms with Gasteiger partial charge in [-0.3, -0.25) is 0 Å². The van der Waals surface area contributed by atoms with Gasteiger partial charge in [0.25, 0.3) is 0 Å². The van der Waals surface area contributed by atoms with E-state index in [0.29, 0.717) is 0 Å². The maximum atomic E-state index is 2.35. The van der Waals surface area contributed by atoms with Crippen LogP contribution in [0.15, 0.2) is 41.1 Å². The molecule has 0 aromatic carbocycles. The lowest BCUT2D eigenvalue weighted by molar-refractivity contribution is 0.403. The topological polar surface area (TPSA) is 3.24 Å². The Bertz CT molecular complexity index is 633. The van der Waals surface area contributed by atoms with Crippen molar-refractivity contribution in [1.29, 1.82) is 0 Å². The van der Waals surface area contributed by atoms with E-state index >= 15 is 0 Å². The van der Waals surface area contributed by atoms with Gasteiger partial charge in [-0.2, -0.15) is 0 Å². The molecule has 0 bridgehead atoms. The van der Waals surface area contributed by atoms with E-state index in [1.807, 2.05) is 34.0 Å². The Labute approximate surface area is 125 Å². The molecule has 0 saturated carbocycles. The molecule has 19 heavy (non-hydrogen) atoms. The van der Waals surface area contributed by atoms with Crippen molar-refractivity contribution in [1.82, 2.24) is 4.90 Å². The maximum Gasteiger partial charge on any atom is 0.0494 e. The molecular formula is C15H15NS3. The molecule has 3 rings (SSSR count). The average Bonchev–Trinajstić information content (AvgIpc) is 3.09. The van der Waals surface area contributed by atoms with Crippen LogP contribution in [0.25, 0.3) is 19.5 Å². The molecule has 4 heteroatoms. The fraction of sp³-hybridized carbons (Fsp3) is 0.200. The largest absolute Gasteiger partial charge is 0.305 e. The van der Waals surface area contributed by atoms with Gasteiger partial charge in [-0.1, -0.05) is 12.1 Å². The Morgan fingerprint density at radius 2 is 1.63 bits per heavy atom. The van der Waals surface area contributed by atoms with Crippen molar-refractivity contribution >= 4 is 34.0 Å². The van der Waals surface area contributed by atoms with Crippen LogP contribution in [-0.2, 0) is 6.54 Å². The fourth-order valence-corrected chi connectivity index (χ4v) is 4.93. The molecule has 0 spiro atoms. The molecule has 0 aliphatic heterocycles. The predicted octanol–water partition coefficient (Wildman–Crippen LogP) is 5.27. The molecule has 0 aliphatic carbocycles. The first-order valence-corrected chi connectivity index (χ1v) is 8.67. The maximum absolute atomic E-state index is 2.35. The first-order chi connectivity index (χ1) is 9.24. The first kappa shape index (κ1) is 13.1. The number of nitrogens with zero attached hydrogens (tertiary/aromatic N) is 1. The van der Waals surface area contributed by atoms with Crippen molar-refractivity contribution in [3.63, 3.8) is 0 Å². The Kier molecular flexibility index (Phi) is 3.84. The number of thiophene rings is 3. The highest BCUT2D eigenvalue weighted by atomic mass is 32.1. The molecule has 1 nitrogen and oxygen atoms in total. The zero-order chi connectivity index (χ0) is 13.2. The summed E-state index contributed by atoms with van der Waals surface area (Å²) in [4.78, 5) is 7.79. The van der Waals surface area contributed by atoms with Crippen LogP contribution in [0.2, 0.25) is 0 Å². The van der Waals surface area contributed by atoms with Gasteiger partial charge >= 0.3 is 0 Å². The van der Waals surface area contributed by atoms with Crippen LogP contribution in [0.3, 0.4) is 0 Å². The van der Waals surface area contributed by atoms with Crippen molar-refractivity contribution in [3.05, 3.63) is 46.7 Å². The summed E-state index contributed by atoms with van der Waals surface area (Å²) in [6, 6.07) is 11.0. The minimum absolute atomic E-state index is 0.995. The molecule has 0 unspecified atom stereocenters. The third kappa shape index (κ3) is 2.82. The Hall–Kier alpha value is -0.940. The lowest BCUT2D eigenvalue weighted by atomic mass is 10.2. The Morgan fingerprint density at radius 1 is 0.947 bits per heavy atom. The van der Waals surface area contributed by atoms with Gasteiger partial charge in [-0.15, -0.1) is 34.0 Å². The normalized spacial score (nSPS) is 11.3. The summed E-state index contributed by atoms with van der Waals surface area (Å²) in [5.41, 5.74) is 1.43. The summed E-state index contributed by atoms with van der Waals surface area (Å²) < 4.78 is 0. The standard InChI is InChI=1S/C15H15NS3/c1-16(2)10-11-9-14(12-5-3-7-17-12)19-15(11)13-6-4-8-18-13/h3-9H,10H2,1-2H3. The van der Waals surface area contributed by atoms with Gasteiger partial charge in [-0.25, -0.2) is 0 Å². The van der Waals surface area contributed by atoms with Crippen LogP contribution in [0.1, 0.15) is 5.56 Å². The second-order valence-corrected chi connectivity index (χ2v) is 7.60. The smallest absolute Gasteiger partial charge is 0.0494 e. The van der Waals surface area contributed by atoms with Gasteiger partial charge in [0, 0.05) is 26.1 Å². The van der Waals surface area contributed by atoms with E-state index in [9.17, 15) is 0 Å². The third-order valence-electron chi connectivity index (χ3n) is 2.80. The van der Waals surface area contributed by atoms with Crippen LogP contribution < -0.4 is 0 Å². The number of rotatable bonds is 4. The van der Waals surface area contributed by atoms with Crippen LogP contribution in [-0.4, -0.2) is 19.0 Å². The van der Waals surface area contributed by atoms with Crippen LogP contribution in [0, 0.1) is 0 Å². The molecule has 3 aromatic heterocycles. The van der Waals surface area contributed by atoms with Crippen LogP contribution in [0.4, 0.5) is 0 Å². The molecule has 3 aromatic rings. The van der Waals surface area contributed by atoms with E-state index < -0.39 is 0 Å². The van der Waals surface area contributed by atoms with E-state index in [1.165, 1.54) is 25.1 Å². The van der Waals surface area contributed by atoms with Crippen LogP contribution in [0.5, 0.6) is 0 Å². The molecule has 0 amide bonds. The first-order valence-electron chi connectivity index (χ1n) is 6.09. The van der Waals surface area contributed by atoms with Gasteiger partial charge in [0.05, 0.1) is 0 Å². The Morgan fingerprint density at radius 3 is 2.21 bits per heavy atom. The molecule has 0 N–H and O–H groups in total. The number of hydrogen-bond donors (Lipinski definition) is 0. The van der Waals surface area contributed by atoms with Crippen LogP contribution >= 0.6 is 34.0 Å². The zero-order valence-corrected chi connectivity index (χ0v) is 13.4. The highest BCUT2D eigenvalue weighted by molar-refractivity contribution is 7.25. The summed E-state index contributed by atoms with van der Waals surface area (Å²) in [6.45, 7) is 0.995. The van der Waals surface area contributed by atoms with Crippen molar-refractivity contribution in [3.8, 4) is 19.5 Å². The predicted molar refractivity (Wildman–Crippen MR) is 88.3 cm³/mol. The molecule has 98 valence electrons.